The van der Waals surface area contributed by atoms with Crippen molar-refractivity contribution in [1.82, 2.24) is 4.98 Å². The van der Waals surface area contributed by atoms with Crippen LogP contribution in [0.4, 0.5) is 0 Å². The number of nitriles is 1. The molecule has 0 aliphatic carbocycles. The molecule has 0 amide bonds. The Balaban J connectivity index is 1.60. The van der Waals surface area contributed by atoms with Crippen molar-refractivity contribution in [3.8, 4) is 28.5 Å². The third kappa shape index (κ3) is 5.60. The number of nitrogens with zero attached hydrogens (tertiary/aromatic N) is 2. The molecule has 0 unspecified atom stereocenters. The van der Waals surface area contributed by atoms with E-state index in [0.29, 0.717) is 22.1 Å². The van der Waals surface area contributed by atoms with Crippen LogP contribution in [0.15, 0.2) is 107 Å². The highest BCUT2D eigenvalue weighted by atomic mass is 32.2. The molecule has 4 aromatic rings. The molecule has 3 nitrogen and oxygen atoms in total. The molecule has 4 rings (SSSR count). The predicted octanol–water partition coefficient (Wildman–Crippen LogP) is 6.53. The lowest BCUT2D eigenvalue weighted by atomic mass is 9.99. The number of benzene rings is 3. The standard InChI is InChI=1S/C27H22N2OS2/c28-17-25-24(20-10-4-1-5-11-20)16-26(21-12-6-2-7-13-21)29-27(25)32-19-22(30)18-31-23-14-8-3-9-15-23/h1-16,22,30H,18-19H2/t22-/m1/s1. The van der Waals surface area contributed by atoms with Gasteiger partial charge in [-0.1, -0.05) is 78.9 Å². The molecular weight excluding hydrogens is 432 g/mol. The number of aromatic nitrogens is 1. The molecule has 0 radical (unpaired) electrons. The Bertz CT molecular complexity index is 1190. The van der Waals surface area contributed by atoms with Gasteiger partial charge in [-0.2, -0.15) is 5.26 Å². The SMILES string of the molecule is N#Cc1c(-c2ccccc2)cc(-c2ccccc2)nc1SC[C@H](O)CSc1ccccc1. The summed E-state index contributed by atoms with van der Waals surface area (Å²) in [6, 6.07) is 34.3. The Morgan fingerprint density at radius 3 is 1.97 bits per heavy atom. The Labute approximate surface area is 197 Å². The smallest absolute Gasteiger partial charge is 0.115 e. The van der Waals surface area contributed by atoms with Crippen molar-refractivity contribution in [2.75, 3.05) is 11.5 Å². The van der Waals surface area contributed by atoms with Crippen LogP contribution in [0.25, 0.3) is 22.4 Å². The molecule has 5 heteroatoms. The lowest BCUT2D eigenvalue weighted by Crippen LogP contribution is -2.13. The molecule has 1 heterocycles. The Morgan fingerprint density at radius 2 is 1.34 bits per heavy atom. The van der Waals surface area contributed by atoms with Gasteiger partial charge >= 0.3 is 0 Å². The minimum absolute atomic E-state index is 0.466. The number of aliphatic hydroxyl groups excluding tert-OH is 1. The molecule has 1 N–H and O–H groups in total. The third-order valence-electron chi connectivity index (χ3n) is 4.85. The van der Waals surface area contributed by atoms with Crippen LogP contribution in [0.1, 0.15) is 5.56 Å². The zero-order chi connectivity index (χ0) is 22.2. The Morgan fingerprint density at radius 1 is 0.781 bits per heavy atom. The second-order valence-corrected chi connectivity index (χ2v) is 9.27. The molecule has 158 valence electrons. The molecule has 0 saturated carbocycles. The first-order valence-electron chi connectivity index (χ1n) is 10.3. The van der Waals surface area contributed by atoms with Crippen molar-refractivity contribution >= 4 is 23.5 Å². The zero-order valence-electron chi connectivity index (χ0n) is 17.4. The van der Waals surface area contributed by atoms with Crippen LogP contribution in [0.5, 0.6) is 0 Å². The second kappa shape index (κ2) is 11.0. The second-order valence-electron chi connectivity index (χ2n) is 7.17. The van der Waals surface area contributed by atoms with Crippen LogP contribution >= 0.6 is 23.5 Å². The quantitative estimate of drug-likeness (QED) is 0.307. The number of rotatable bonds is 8. The first-order chi connectivity index (χ1) is 15.7. The fourth-order valence-corrected chi connectivity index (χ4v) is 5.20. The number of pyridine rings is 1. The van der Waals surface area contributed by atoms with E-state index >= 15 is 0 Å². The average molecular weight is 455 g/mol. The maximum absolute atomic E-state index is 10.6. The van der Waals surface area contributed by atoms with Gasteiger partial charge in [-0.25, -0.2) is 4.98 Å². The monoisotopic (exact) mass is 454 g/mol. The molecule has 0 fully saturated rings. The van der Waals surface area contributed by atoms with Gasteiger partial charge < -0.3 is 5.11 Å². The van der Waals surface area contributed by atoms with Gasteiger partial charge in [0.25, 0.3) is 0 Å². The lowest BCUT2D eigenvalue weighted by molar-refractivity contribution is 0.225. The van der Waals surface area contributed by atoms with E-state index in [1.54, 1.807) is 11.8 Å². The van der Waals surface area contributed by atoms with Gasteiger partial charge in [0.15, 0.2) is 0 Å². The molecule has 0 spiro atoms. The highest BCUT2D eigenvalue weighted by Gasteiger charge is 2.17. The van der Waals surface area contributed by atoms with E-state index in [1.807, 2.05) is 97.1 Å². The summed E-state index contributed by atoms with van der Waals surface area (Å²) >= 11 is 3.06. The first-order valence-corrected chi connectivity index (χ1v) is 12.3. The van der Waals surface area contributed by atoms with E-state index in [9.17, 15) is 10.4 Å². The van der Waals surface area contributed by atoms with E-state index in [4.69, 9.17) is 4.98 Å². The lowest BCUT2D eigenvalue weighted by Gasteiger charge is -2.14. The zero-order valence-corrected chi connectivity index (χ0v) is 19.0. The van der Waals surface area contributed by atoms with Crippen molar-refractivity contribution < 1.29 is 5.11 Å². The summed E-state index contributed by atoms with van der Waals surface area (Å²) in [6.45, 7) is 0. The molecule has 0 bridgehead atoms. The Kier molecular flexibility index (Phi) is 7.63. The van der Waals surface area contributed by atoms with Crippen LogP contribution in [0.3, 0.4) is 0 Å². The predicted molar refractivity (Wildman–Crippen MR) is 134 cm³/mol. The first kappa shape index (κ1) is 22.2. The van der Waals surface area contributed by atoms with Gasteiger partial charge in [-0.05, 0) is 23.8 Å². The van der Waals surface area contributed by atoms with E-state index in [1.165, 1.54) is 11.8 Å². The fraction of sp³-hybridized carbons (Fsp3) is 0.111. The highest BCUT2D eigenvalue weighted by molar-refractivity contribution is 8.00. The summed E-state index contributed by atoms with van der Waals surface area (Å²) in [5.74, 6) is 1.05. The third-order valence-corrected chi connectivity index (χ3v) is 7.13. The van der Waals surface area contributed by atoms with Crippen LogP contribution in [-0.4, -0.2) is 27.7 Å². The van der Waals surface area contributed by atoms with Crippen LogP contribution in [0.2, 0.25) is 0 Å². The Hall–Kier alpha value is -3.04. The molecule has 3 aromatic carbocycles. The number of aliphatic hydroxyl groups is 1. The largest absolute Gasteiger partial charge is 0.391 e. The summed E-state index contributed by atoms with van der Waals surface area (Å²) in [6.07, 6.45) is -0.515. The normalized spacial score (nSPS) is 11.6. The van der Waals surface area contributed by atoms with Gasteiger partial charge in [0.05, 0.1) is 17.4 Å². The number of hydrogen-bond donors (Lipinski definition) is 1. The van der Waals surface area contributed by atoms with Crippen LogP contribution < -0.4 is 0 Å². The highest BCUT2D eigenvalue weighted by Crippen LogP contribution is 2.34. The molecular formula is C27H22N2OS2. The van der Waals surface area contributed by atoms with Crippen molar-refractivity contribution in [2.24, 2.45) is 0 Å². The molecule has 1 atom stereocenters. The van der Waals surface area contributed by atoms with Gasteiger partial charge in [-0.15, -0.1) is 23.5 Å². The maximum atomic E-state index is 10.6. The average Bonchev–Trinajstić information content (AvgIpc) is 2.87. The van der Waals surface area contributed by atoms with Gasteiger partial charge in [0.2, 0.25) is 0 Å². The minimum atomic E-state index is -0.515. The number of hydrogen-bond acceptors (Lipinski definition) is 5. The van der Waals surface area contributed by atoms with Crippen LogP contribution in [0, 0.1) is 11.3 Å². The molecule has 0 aliphatic heterocycles. The summed E-state index contributed by atoms with van der Waals surface area (Å²) in [4.78, 5) is 5.94. The minimum Gasteiger partial charge on any atom is -0.391 e. The molecule has 1 aromatic heterocycles. The van der Waals surface area contributed by atoms with E-state index in [0.717, 1.165) is 27.3 Å². The van der Waals surface area contributed by atoms with Crippen molar-refractivity contribution in [3.63, 3.8) is 0 Å². The topological polar surface area (TPSA) is 56.9 Å². The van der Waals surface area contributed by atoms with E-state index < -0.39 is 6.10 Å². The van der Waals surface area contributed by atoms with E-state index in [-0.39, 0.29) is 0 Å². The summed E-state index contributed by atoms with van der Waals surface area (Å²) < 4.78 is 0. The fourth-order valence-electron chi connectivity index (χ4n) is 3.27. The summed E-state index contributed by atoms with van der Waals surface area (Å²) in [5.41, 5.74) is 4.20. The maximum Gasteiger partial charge on any atom is 0.115 e. The van der Waals surface area contributed by atoms with Gasteiger partial charge in [0.1, 0.15) is 11.1 Å². The summed E-state index contributed by atoms with van der Waals surface area (Å²) in [7, 11) is 0. The van der Waals surface area contributed by atoms with Crippen molar-refractivity contribution in [2.45, 2.75) is 16.0 Å². The van der Waals surface area contributed by atoms with Gasteiger partial charge in [-0.3, -0.25) is 0 Å². The molecule has 0 saturated heterocycles. The number of thioether (sulfide) groups is 2. The molecule has 0 aliphatic rings. The van der Waals surface area contributed by atoms with Crippen LogP contribution in [-0.2, 0) is 0 Å². The van der Waals surface area contributed by atoms with Gasteiger partial charge in [0, 0.05) is 27.5 Å². The van der Waals surface area contributed by atoms with Crippen molar-refractivity contribution in [3.05, 3.63) is 103 Å². The summed E-state index contributed by atoms with van der Waals surface area (Å²) in [5, 5.41) is 21.2. The van der Waals surface area contributed by atoms with E-state index in [2.05, 4.69) is 6.07 Å². The molecule has 32 heavy (non-hydrogen) atoms. The van der Waals surface area contributed by atoms with Crippen molar-refractivity contribution in [1.29, 1.82) is 5.26 Å².